The summed E-state index contributed by atoms with van der Waals surface area (Å²) in [6.45, 7) is 0. The van der Waals surface area contributed by atoms with Gasteiger partial charge < -0.3 is 15.7 Å². The fourth-order valence-corrected chi connectivity index (χ4v) is 3.94. The van der Waals surface area contributed by atoms with Crippen molar-refractivity contribution in [2.24, 2.45) is 5.92 Å². The van der Waals surface area contributed by atoms with E-state index in [1.165, 1.54) is 35.0 Å². The second kappa shape index (κ2) is 6.77. The number of nitrogens with one attached hydrogen (secondary N) is 2. The molecule has 1 aromatic carbocycles. The van der Waals surface area contributed by atoms with E-state index >= 15 is 0 Å². The van der Waals surface area contributed by atoms with E-state index in [-0.39, 0.29) is 9.90 Å². The van der Waals surface area contributed by atoms with Crippen LogP contribution in [0.5, 0.6) is 0 Å². The number of hydrogen-bond donors (Lipinski definition) is 3. The third kappa shape index (κ3) is 3.28. The smallest absolute Gasteiger partial charge is 0.363 e. The Hall–Kier alpha value is -2.17. The second-order valence-electron chi connectivity index (χ2n) is 5.79. The Morgan fingerprint density at radius 3 is 2.52 bits per heavy atom. The number of aliphatic hydroxyl groups is 1. The Morgan fingerprint density at radius 1 is 1.26 bits per heavy atom. The number of carbonyl (C=O) groups excluding carboxylic acids is 2. The molecule has 3 N–H and O–H groups in total. The Labute approximate surface area is 158 Å². The maximum Gasteiger partial charge on any atom is 0.437 e. The lowest BCUT2D eigenvalue weighted by Gasteiger charge is -2.45. The van der Waals surface area contributed by atoms with Crippen molar-refractivity contribution in [1.82, 2.24) is 10.6 Å². The standard InChI is InChI=1S/C16H11ClF4N2O3S/c17-7-3-1-4-8(18)10(7)12-11(13(24)9-5-2-6-27-9)15(26,16(19,20)21)23-14(25)22-12/h1-6,11-12,26H,(H2,22,23,25)/t11-,12+,15+/m0/s1. The van der Waals surface area contributed by atoms with Crippen molar-refractivity contribution in [1.29, 1.82) is 0 Å². The summed E-state index contributed by atoms with van der Waals surface area (Å²) in [5.74, 6) is -4.46. The zero-order chi connectivity index (χ0) is 20.0. The number of urea groups is 1. The third-order valence-electron chi connectivity index (χ3n) is 4.16. The fraction of sp³-hybridized carbons (Fsp3) is 0.250. The Balaban J connectivity index is 2.23. The summed E-state index contributed by atoms with van der Waals surface area (Å²) in [5, 5.41) is 15.0. The molecule has 3 atom stereocenters. The molecule has 0 unspecified atom stereocenters. The van der Waals surface area contributed by atoms with Crippen LogP contribution in [0.3, 0.4) is 0 Å². The number of carbonyl (C=O) groups is 2. The molecule has 2 heterocycles. The highest BCUT2D eigenvalue weighted by molar-refractivity contribution is 7.12. The van der Waals surface area contributed by atoms with Crippen molar-refractivity contribution in [2.75, 3.05) is 0 Å². The molecule has 0 radical (unpaired) electrons. The maximum absolute atomic E-state index is 14.4. The van der Waals surface area contributed by atoms with Gasteiger partial charge in [-0.15, -0.1) is 11.3 Å². The predicted molar refractivity (Wildman–Crippen MR) is 89.0 cm³/mol. The molecular weight excluding hydrogens is 412 g/mol. The van der Waals surface area contributed by atoms with Gasteiger partial charge >= 0.3 is 12.2 Å². The van der Waals surface area contributed by atoms with E-state index < -0.39 is 47.1 Å². The highest BCUT2D eigenvalue weighted by atomic mass is 35.5. The lowest BCUT2D eigenvalue weighted by molar-refractivity contribution is -0.287. The van der Waals surface area contributed by atoms with Crippen LogP contribution in [-0.2, 0) is 0 Å². The summed E-state index contributed by atoms with van der Waals surface area (Å²) in [5.41, 5.74) is -4.45. The normalized spacial score (nSPS) is 25.6. The van der Waals surface area contributed by atoms with Gasteiger partial charge in [0.15, 0.2) is 5.78 Å². The summed E-state index contributed by atoms with van der Waals surface area (Å²) < 4.78 is 55.4. The largest absolute Gasteiger partial charge is 0.437 e. The van der Waals surface area contributed by atoms with Gasteiger partial charge in [0, 0.05) is 10.6 Å². The van der Waals surface area contributed by atoms with E-state index in [2.05, 4.69) is 5.32 Å². The number of thiophene rings is 1. The van der Waals surface area contributed by atoms with Gasteiger partial charge in [0.25, 0.3) is 0 Å². The first-order valence-corrected chi connectivity index (χ1v) is 8.71. The van der Waals surface area contributed by atoms with Gasteiger partial charge in [-0.2, -0.15) is 13.2 Å². The maximum atomic E-state index is 14.4. The topological polar surface area (TPSA) is 78.4 Å². The van der Waals surface area contributed by atoms with Crippen LogP contribution in [0.2, 0.25) is 5.02 Å². The lowest BCUT2D eigenvalue weighted by Crippen LogP contribution is -2.72. The molecule has 2 aromatic rings. The predicted octanol–water partition coefficient (Wildman–Crippen LogP) is 3.64. The molecule has 144 valence electrons. The summed E-state index contributed by atoms with van der Waals surface area (Å²) in [6, 6.07) is 2.77. The number of hydrogen-bond acceptors (Lipinski definition) is 4. The first kappa shape index (κ1) is 19.6. The quantitative estimate of drug-likeness (QED) is 0.522. The van der Waals surface area contributed by atoms with Gasteiger partial charge in [0.2, 0.25) is 5.72 Å². The first-order chi connectivity index (χ1) is 12.6. The first-order valence-electron chi connectivity index (χ1n) is 7.45. The van der Waals surface area contributed by atoms with Gasteiger partial charge in [-0.3, -0.25) is 4.79 Å². The molecule has 0 bridgehead atoms. The van der Waals surface area contributed by atoms with Crippen molar-refractivity contribution in [3.8, 4) is 0 Å². The highest BCUT2D eigenvalue weighted by Gasteiger charge is 2.66. The lowest BCUT2D eigenvalue weighted by atomic mass is 9.78. The molecule has 5 nitrogen and oxygen atoms in total. The van der Waals surface area contributed by atoms with Crippen LogP contribution in [0.25, 0.3) is 0 Å². The minimum Gasteiger partial charge on any atom is -0.363 e. The molecule has 1 fully saturated rings. The van der Waals surface area contributed by atoms with E-state index in [0.717, 1.165) is 17.4 Å². The van der Waals surface area contributed by atoms with E-state index in [4.69, 9.17) is 11.6 Å². The molecule has 0 saturated carbocycles. The minimum atomic E-state index is -5.42. The van der Waals surface area contributed by atoms with Crippen molar-refractivity contribution in [2.45, 2.75) is 17.9 Å². The van der Waals surface area contributed by atoms with Gasteiger partial charge in [-0.1, -0.05) is 23.7 Å². The van der Waals surface area contributed by atoms with Gasteiger partial charge in [0.05, 0.1) is 10.9 Å². The molecular formula is C16H11ClF4N2O3S. The van der Waals surface area contributed by atoms with E-state index in [0.29, 0.717) is 0 Å². The number of rotatable bonds is 3. The summed E-state index contributed by atoms with van der Waals surface area (Å²) in [6.07, 6.45) is -5.42. The van der Waals surface area contributed by atoms with Crippen molar-refractivity contribution < 1.29 is 32.3 Å². The average Bonchev–Trinajstić information content (AvgIpc) is 3.07. The summed E-state index contributed by atoms with van der Waals surface area (Å²) >= 11 is 6.78. The molecule has 0 spiro atoms. The Kier molecular flexibility index (Phi) is 4.91. The molecule has 2 amide bonds. The Bertz CT molecular complexity index is 870. The molecule has 0 aliphatic carbocycles. The summed E-state index contributed by atoms with van der Waals surface area (Å²) in [4.78, 5) is 24.6. The van der Waals surface area contributed by atoms with E-state index in [1.54, 1.807) is 0 Å². The van der Waals surface area contributed by atoms with Crippen LogP contribution in [-0.4, -0.2) is 28.8 Å². The molecule has 1 aliphatic rings. The fourth-order valence-electron chi connectivity index (χ4n) is 2.96. The minimum absolute atomic E-state index is 0.0990. The van der Waals surface area contributed by atoms with Crippen molar-refractivity contribution in [3.05, 3.63) is 57.0 Å². The van der Waals surface area contributed by atoms with Crippen LogP contribution in [0.1, 0.15) is 21.3 Å². The number of amides is 2. The highest BCUT2D eigenvalue weighted by Crippen LogP contribution is 2.45. The SMILES string of the molecule is O=C1N[C@H](c2c(F)cccc2Cl)[C@@H](C(=O)c2cccs2)[C@@](O)(C(F)(F)F)N1. The van der Waals surface area contributed by atoms with E-state index in [1.807, 2.05) is 0 Å². The number of Topliss-reactive ketones (excluding diaryl/α,β-unsaturated/α-hetero) is 1. The zero-order valence-corrected chi connectivity index (χ0v) is 14.8. The van der Waals surface area contributed by atoms with Crippen LogP contribution in [0.15, 0.2) is 35.7 Å². The molecule has 27 heavy (non-hydrogen) atoms. The third-order valence-corrected chi connectivity index (χ3v) is 5.38. The monoisotopic (exact) mass is 422 g/mol. The molecule has 1 aromatic heterocycles. The van der Waals surface area contributed by atoms with Crippen LogP contribution >= 0.6 is 22.9 Å². The van der Waals surface area contributed by atoms with Gasteiger partial charge in [-0.05, 0) is 23.6 Å². The van der Waals surface area contributed by atoms with Crippen LogP contribution in [0, 0.1) is 11.7 Å². The number of benzene rings is 1. The summed E-state index contributed by atoms with van der Waals surface area (Å²) in [7, 11) is 0. The Morgan fingerprint density at radius 2 is 1.96 bits per heavy atom. The zero-order valence-electron chi connectivity index (χ0n) is 13.2. The van der Waals surface area contributed by atoms with Crippen LogP contribution < -0.4 is 10.6 Å². The molecule has 3 rings (SSSR count). The molecule has 1 saturated heterocycles. The van der Waals surface area contributed by atoms with Gasteiger partial charge in [-0.25, -0.2) is 9.18 Å². The van der Waals surface area contributed by atoms with E-state index in [9.17, 15) is 32.3 Å². The van der Waals surface area contributed by atoms with Gasteiger partial charge in [0.1, 0.15) is 11.7 Å². The van der Waals surface area contributed by atoms with Crippen molar-refractivity contribution >= 4 is 34.8 Å². The van der Waals surface area contributed by atoms with Crippen LogP contribution in [0.4, 0.5) is 22.4 Å². The number of ketones is 1. The average molecular weight is 423 g/mol. The molecule has 1 aliphatic heterocycles. The number of halogens is 5. The molecule has 11 heteroatoms. The van der Waals surface area contributed by atoms with Crippen molar-refractivity contribution in [3.63, 3.8) is 0 Å². The second-order valence-corrected chi connectivity index (χ2v) is 7.15. The number of alkyl halides is 3.